The van der Waals surface area contributed by atoms with Crippen LogP contribution in [0.2, 0.25) is 0 Å². The number of rotatable bonds is 6. The summed E-state index contributed by atoms with van der Waals surface area (Å²) in [5.74, 6) is -0.712. The maximum absolute atomic E-state index is 13.1. The van der Waals surface area contributed by atoms with Gasteiger partial charge in [-0.3, -0.25) is 4.79 Å². The van der Waals surface area contributed by atoms with Crippen LogP contribution < -0.4 is 5.73 Å². The van der Waals surface area contributed by atoms with Crippen LogP contribution in [0.3, 0.4) is 0 Å². The lowest BCUT2D eigenvalue weighted by Gasteiger charge is -2.21. The zero-order valence-electron chi connectivity index (χ0n) is 11.6. The summed E-state index contributed by atoms with van der Waals surface area (Å²) in [6.07, 6.45) is 0. The summed E-state index contributed by atoms with van der Waals surface area (Å²) in [6, 6.07) is 4.61. The standard InChI is InChI=1S/C14H21FN2O2/c1-10(14(18)19-3)8-17(2)9-11-4-5-13(15)6-12(11)7-16/h4-6,10H,7-9,16H2,1-3H3. The number of carbonyl (C=O) groups excluding carboxylic acids is 1. The van der Waals surface area contributed by atoms with Crippen LogP contribution in [0.4, 0.5) is 4.39 Å². The summed E-state index contributed by atoms with van der Waals surface area (Å²) in [6.45, 7) is 3.31. The van der Waals surface area contributed by atoms with Crippen LogP contribution in [-0.4, -0.2) is 31.6 Å². The van der Waals surface area contributed by atoms with Gasteiger partial charge in [0.1, 0.15) is 5.82 Å². The largest absolute Gasteiger partial charge is 0.469 e. The molecule has 0 heterocycles. The minimum atomic E-state index is -0.283. The monoisotopic (exact) mass is 268 g/mol. The number of halogens is 1. The molecule has 4 nitrogen and oxygen atoms in total. The summed E-state index contributed by atoms with van der Waals surface area (Å²) in [5.41, 5.74) is 7.37. The van der Waals surface area contributed by atoms with Gasteiger partial charge in [-0.15, -0.1) is 0 Å². The number of hydrogen-bond acceptors (Lipinski definition) is 4. The lowest BCUT2D eigenvalue weighted by Crippen LogP contribution is -2.29. The average molecular weight is 268 g/mol. The number of ether oxygens (including phenoxy) is 1. The zero-order valence-corrected chi connectivity index (χ0v) is 11.6. The van der Waals surface area contributed by atoms with Gasteiger partial charge in [0, 0.05) is 19.6 Å². The van der Waals surface area contributed by atoms with Crippen molar-refractivity contribution in [3.05, 3.63) is 35.1 Å². The first-order valence-corrected chi connectivity index (χ1v) is 6.21. The Hall–Kier alpha value is -1.46. The summed E-state index contributed by atoms with van der Waals surface area (Å²) in [4.78, 5) is 13.3. The van der Waals surface area contributed by atoms with Gasteiger partial charge in [-0.05, 0) is 30.3 Å². The Kier molecular flexibility index (Phi) is 5.92. The van der Waals surface area contributed by atoms with Gasteiger partial charge in [-0.25, -0.2) is 4.39 Å². The van der Waals surface area contributed by atoms with E-state index in [1.54, 1.807) is 6.07 Å². The van der Waals surface area contributed by atoms with Gasteiger partial charge in [0.15, 0.2) is 0 Å². The van der Waals surface area contributed by atoms with Crippen molar-refractivity contribution in [2.45, 2.75) is 20.0 Å². The van der Waals surface area contributed by atoms with Gasteiger partial charge < -0.3 is 15.4 Å². The Morgan fingerprint density at radius 3 is 2.74 bits per heavy atom. The number of methoxy groups -OCH3 is 1. The molecule has 0 saturated carbocycles. The minimum Gasteiger partial charge on any atom is -0.469 e. The Bertz CT molecular complexity index is 437. The molecule has 2 N–H and O–H groups in total. The summed E-state index contributed by atoms with van der Waals surface area (Å²) in [7, 11) is 3.29. The number of carbonyl (C=O) groups is 1. The first kappa shape index (κ1) is 15.6. The first-order valence-electron chi connectivity index (χ1n) is 6.21. The fourth-order valence-electron chi connectivity index (χ4n) is 2.04. The number of hydrogen-bond donors (Lipinski definition) is 1. The second-order valence-corrected chi connectivity index (χ2v) is 4.74. The number of nitrogens with two attached hydrogens (primary N) is 1. The van der Waals surface area contributed by atoms with Gasteiger partial charge in [0.2, 0.25) is 0 Å². The highest BCUT2D eigenvalue weighted by Gasteiger charge is 2.16. The van der Waals surface area contributed by atoms with E-state index in [2.05, 4.69) is 4.74 Å². The fourth-order valence-corrected chi connectivity index (χ4v) is 2.04. The molecule has 0 spiro atoms. The molecule has 0 aliphatic carbocycles. The molecule has 5 heteroatoms. The minimum absolute atomic E-state index is 0.197. The molecule has 1 aromatic rings. The van der Waals surface area contributed by atoms with E-state index >= 15 is 0 Å². The molecule has 1 unspecified atom stereocenters. The Balaban J connectivity index is 2.66. The van der Waals surface area contributed by atoms with E-state index in [4.69, 9.17) is 5.73 Å². The van der Waals surface area contributed by atoms with Crippen molar-refractivity contribution in [3.8, 4) is 0 Å². The van der Waals surface area contributed by atoms with E-state index in [1.165, 1.54) is 19.2 Å². The molecule has 1 rings (SSSR count). The van der Waals surface area contributed by atoms with Crippen LogP contribution in [-0.2, 0) is 22.6 Å². The molecule has 0 aliphatic heterocycles. The molecule has 0 fully saturated rings. The molecular weight excluding hydrogens is 247 g/mol. The quantitative estimate of drug-likeness (QED) is 0.795. The van der Waals surface area contributed by atoms with Gasteiger partial charge in [-0.2, -0.15) is 0 Å². The second-order valence-electron chi connectivity index (χ2n) is 4.74. The number of benzene rings is 1. The molecule has 0 saturated heterocycles. The lowest BCUT2D eigenvalue weighted by molar-refractivity contribution is -0.145. The van der Waals surface area contributed by atoms with Crippen molar-refractivity contribution in [1.82, 2.24) is 4.90 Å². The van der Waals surface area contributed by atoms with Crippen molar-refractivity contribution in [2.75, 3.05) is 20.7 Å². The third-order valence-electron chi connectivity index (χ3n) is 3.02. The maximum atomic E-state index is 13.1. The fraction of sp³-hybridized carbons (Fsp3) is 0.500. The zero-order chi connectivity index (χ0) is 14.4. The third kappa shape index (κ3) is 4.61. The van der Waals surface area contributed by atoms with Crippen LogP contribution in [0.25, 0.3) is 0 Å². The van der Waals surface area contributed by atoms with Crippen LogP contribution in [0.15, 0.2) is 18.2 Å². The molecule has 1 atom stereocenters. The number of esters is 1. The third-order valence-corrected chi connectivity index (χ3v) is 3.02. The topological polar surface area (TPSA) is 55.6 Å². The molecule has 0 amide bonds. The van der Waals surface area contributed by atoms with Crippen molar-refractivity contribution in [2.24, 2.45) is 11.7 Å². The van der Waals surface area contributed by atoms with E-state index in [0.717, 1.165) is 11.1 Å². The summed E-state index contributed by atoms with van der Waals surface area (Å²) >= 11 is 0. The smallest absolute Gasteiger partial charge is 0.309 e. The molecule has 1 aromatic carbocycles. The lowest BCUT2D eigenvalue weighted by atomic mass is 10.1. The van der Waals surface area contributed by atoms with Crippen molar-refractivity contribution in [3.63, 3.8) is 0 Å². The highest BCUT2D eigenvalue weighted by Crippen LogP contribution is 2.14. The van der Waals surface area contributed by atoms with Crippen LogP contribution in [0, 0.1) is 11.7 Å². The van der Waals surface area contributed by atoms with Gasteiger partial charge in [0.05, 0.1) is 13.0 Å². The Morgan fingerprint density at radius 2 is 2.16 bits per heavy atom. The molecule has 0 aliphatic rings. The van der Waals surface area contributed by atoms with Crippen molar-refractivity contribution >= 4 is 5.97 Å². The first-order chi connectivity index (χ1) is 8.97. The molecule has 106 valence electrons. The van der Waals surface area contributed by atoms with Gasteiger partial charge in [-0.1, -0.05) is 13.0 Å². The second kappa shape index (κ2) is 7.21. The van der Waals surface area contributed by atoms with Gasteiger partial charge in [0.25, 0.3) is 0 Å². The predicted molar refractivity (Wildman–Crippen MR) is 71.8 cm³/mol. The van der Waals surface area contributed by atoms with Gasteiger partial charge >= 0.3 is 5.97 Å². The normalized spacial score (nSPS) is 12.5. The molecule has 0 radical (unpaired) electrons. The van der Waals surface area contributed by atoms with E-state index in [9.17, 15) is 9.18 Å². The number of nitrogens with zero attached hydrogens (tertiary/aromatic N) is 1. The molecule has 0 aromatic heterocycles. The highest BCUT2D eigenvalue weighted by atomic mass is 19.1. The SMILES string of the molecule is COC(=O)C(C)CN(C)Cc1ccc(F)cc1CN. The van der Waals surface area contributed by atoms with Crippen molar-refractivity contribution in [1.29, 1.82) is 0 Å². The van der Waals surface area contributed by atoms with E-state index in [0.29, 0.717) is 19.6 Å². The highest BCUT2D eigenvalue weighted by molar-refractivity contribution is 5.72. The summed E-state index contributed by atoms with van der Waals surface area (Å²) in [5, 5.41) is 0. The van der Waals surface area contributed by atoms with Crippen LogP contribution in [0.5, 0.6) is 0 Å². The van der Waals surface area contributed by atoms with Crippen molar-refractivity contribution < 1.29 is 13.9 Å². The van der Waals surface area contributed by atoms with Crippen LogP contribution >= 0.6 is 0 Å². The Morgan fingerprint density at radius 1 is 1.47 bits per heavy atom. The molecular formula is C14H21FN2O2. The van der Waals surface area contributed by atoms with E-state index in [-0.39, 0.29) is 17.7 Å². The summed E-state index contributed by atoms with van der Waals surface area (Å²) < 4.78 is 17.8. The maximum Gasteiger partial charge on any atom is 0.309 e. The molecule has 19 heavy (non-hydrogen) atoms. The van der Waals surface area contributed by atoms with Crippen LogP contribution in [0.1, 0.15) is 18.1 Å². The van der Waals surface area contributed by atoms with E-state index < -0.39 is 0 Å². The van der Waals surface area contributed by atoms with E-state index in [1.807, 2.05) is 18.9 Å². The average Bonchev–Trinajstić information content (AvgIpc) is 2.39. The molecule has 0 bridgehead atoms. The predicted octanol–water partition coefficient (Wildman–Crippen LogP) is 1.53. The Labute approximate surface area is 113 Å².